The maximum absolute atomic E-state index is 13.1. The molecule has 3 rings (SSSR count). The van der Waals surface area contributed by atoms with Crippen LogP contribution >= 0.6 is 0 Å². The van der Waals surface area contributed by atoms with Gasteiger partial charge in [-0.2, -0.15) is 5.10 Å². The Labute approximate surface area is 150 Å². The molecule has 0 radical (unpaired) electrons. The van der Waals surface area contributed by atoms with Crippen LogP contribution in [0.4, 0.5) is 0 Å². The van der Waals surface area contributed by atoms with Crippen LogP contribution in [0.15, 0.2) is 41.4 Å². The van der Waals surface area contributed by atoms with Gasteiger partial charge in [0, 0.05) is 23.8 Å². The van der Waals surface area contributed by atoms with E-state index in [9.17, 15) is 8.42 Å². The molecule has 1 aliphatic rings. The number of hydrogen-bond acceptors (Lipinski definition) is 3. The van der Waals surface area contributed by atoms with Crippen molar-refractivity contribution in [2.75, 3.05) is 0 Å². The smallest absolute Gasteiger partial charge is 0.244 e. The summed E-state index contributed by atoms with van der Waals surface area (Å²) in [5, 5.41) is 4.56. The van der Waals surface area contributed by atoms with Gasteiger partial charge in [0.05, 0.1) is 0 Å². The lowest BCUT2D eigenvalue weighted by Crippen LogP contribution is -2.41. The summed E-state index contributed by atoms with van der Waals surface area (Å²) in [5.74, 6) is 0.365. The quantitative estimate of drug-likeness (QED) is 0.876. The van der Waals surface area contributed by atoms with Gasteiger partial charge in [-0.25, -0.2) is 13.1 Å². The third-order valence-electron chi connectivity index (χ3n) is 4.98. The summed E-state index contributed by atoms with van der Waals surface area (Å²) in [6.07, 6.45) is 5.89. The van der Waals surface area contributed by atoms with Crippen molar-refractivity contribution in [2.24, 2.45) is 5.92 Å². The normalized spacial score (nSPS) is 21.6. The lowest BCUT2D eigenvalue weighted by atomic mass is 9.87. The number of nitrogens with one attached hydrogen (secondary N) is 1. The Hall–Kier alpha value is -1.66. The Kier molecular flexibility index (Phi) is 5.29. The highest BCUT2D eigenvalue weighted by Gasteiger charge is 2.30. The largest absolute Gasteiger partial charge is 0.268 e. The summed E-state index contributed by atoms with van der Waals surface area (Å²) in [6, 6.07) is 9.61. The van der Waals surface area contributed by atoms with E-state index in [0.29, 0.717) is 11.6 Å². The molecule has 6 heteroatoms. The summed E-state index contributed by atoms with van der Waals surface area (Å²) in [5.41, 5.74) is 1.34. The van der Waals surface area contributed by atoms with Crippen molar-refractivity contribution in [1.82, 2.24) is 14.5 Å². The van der Waals surface area contributed by atoms with Crippen LogP contribution in [0.2, 0.25) is 0 Å². The van der Waals surface area contributed by atoms with Crippen LogP contribution in [0.1, 0.15) is 52.5 Å². The van der Waals surface area contributed by atoms with Gasteiger partial charge >= 0.3 is 0 Å². The fraction of sp³-hybridized carbons (Fsp3) is 0.526. The van der Waals surface area contributed by atoms with Gasteiger partial charge in [0.2, 0.25) is 10.0 Å². The van der Waals surface area contributed by atoms with Gasteiger partial charge in [0.25, 0.3) is 0 Å². The predicted octanol–water partition coefficient (Wildman–Crippen LogP) is 3.99. The summed E-state index contributed by atoms with van der Waals surface area (Å²) < 4.78 is 30.9. The molecule has 1 saturated carbocycles. The second kappa shape index (κ2) is 7.30. The molecule has 1 aromatic carbocycles. The lowest BCUT2D eigenvalue weighted by molar-refractivity contribution is 0.310. The fourth-order valence-electron chi connectivity index (χ4n) is 3.39. The Morgan fingerprint density at radius 3 is 2.48 bits per heavy atom. The van der Waals surface area contributed by atoms with Crippen LogP contribution in [-0.2, 0) is 10.0 Å². The van der Waals surface area contributed by atoms with Gasteiger partial charge in [0.15, 0.2) is 0 Å². The molecule has 0 aliphatic heterocycles. The first-order chi connectivity index (χ1) is 11.9. The zero-order chi connectivity index (χ0) is 18.0. The lowest BCUT2D eigenvalue weighted by Gasteiger charge is -2.29. The first-order valence-electron chi connectivity index (χ1n) is 9.05. The minimum absolute atomic E-state index is 0.00442. The van der Waals surface area contributed by atoms with Gasteiger partial charge in [0.1, 0.15) is 10.6 Å². The Morgan fingerprint density at radius 1 is 1.16 bits per heavy atom. The number of nitrogens with zero attached hydrogens (tertiary/aromatic N) is 2. The third kappa shape index (κ3) is 3.96. The molecule has 2 unspecified atom stereocenters. The number of hydrogen-bond donors (Lipinski definition) is 1. The molecule has 0 spiro atoms. The van der Waals surface area contributed by atoms with Crippen LogP contribution < -0.4 is 4.72 Å². The molecule has 136 valence electrons. The summed E-state index contributed by atoms with van der Waals surface area (Å²) in [4.78, 5) is 0.269. The van der Waals surface area contributed by atoms with Gasteiger partial charge < -0.3 is 0 Å². The van der Waals surface area contributed by atoms with E-state index >= 15 is 0 Å². The Morgan fingerprint density at radius 2 is 1.84 bits per heavy atom. The highest BCUT2D eigenvalue weighted by molar-refractivity contribution is 7.89. The van der Waals surface area contributed by atoms with Crippen LogP contribution in [-0.4, -0.2) is 24.2 Å². The van der Waals surface area contributed by atoms with Gasteiger partial charge in [-0.1, -0.05) is 50.1 Å². The molecular formula is C19H27N3O2S. The average Bonchev–Trinajstić information content (AvgIpc) is 3.04. The maximum Gasteiger partial charge on any atom is 0.244 e. The molecule has 1 aliphatic carbocycles. The van der Waals surface area contributed by atoms with Crippen molar-refractivity contribution in [2.45, 2.75) is 63.4 Å². The van der Waals surface area contributed by atoms with E-state index in [2.05, 4.69) is 16.7 Å². The molecule has 1 heterocycles. The van der Waals surface area contributed by atoms with E-state index < -0.39 is 10.0 Å². The van der Waals surface area contributed by atoms with E-state index in [1.54, 1.807) is 10.9 Å². The summed E-state index contributed by atoms with van der Waals surface area (Å²) in [7, 11) is -3.62. The highest BCUT2D eigenvalue weighted by atomic mass is 32.2. The Bertz CT molecular complexity index is 812. The van der Waals surface area contributed by atoms with Gasteiger partial charge in [-0.15, -0.1) is 0 Å². The second-order valence-electron chi connectivity index (χ2n) is 7.27. The standard InChI is InChI=1S/C19H27N3O2S/c1-14(2)22-13-18(19(20-22)16-10-5-4-6-11-16)25(23,24)21-17-12-8-7-9-15(17)3/h4-6,10-11,13-15,17,21H,7-9,12H2,1-3H3. The molecule has 5 nitrogen and oxygen atoms in total. The third-order valence-corrected chi connectivity index (χ3v) is 6.47. The van der Waals surface area contributed by atoms with E-state index in [1.807, 2.05) is 44.2 Å². The predicted molar refractivity (Wildman–Crippen MR) is 99.8 cm³/mol. The van der Waals surface area contributed by atoms with Crippen LogP contribution in [0.5, 0.6) is 0 Å². The highest BCUT2D eigenvalue weighted by Crippen LogP contribution is 2.30. The summed E-state index contributed by atoms with van der Waals surface area (Å²) >= 11 is 0. The number of aromatic nitrogens is 2. The number of sulfonamides is 1. The minimum atomic E-state index is -3.62. The van der Waals surface area contributed by atoms with Crippen molar-refractivity contribution in [1.29, 1.82) is 0 Å². The van der Waals surface area contributed by atoms with Crippen molar-refractivity contribution in [3.63, 3.8) is 0 Å². The van der Waals surface area contributed by atoms with E-state index in [-0.39, 0.29) is 17.0 Å². The molecular weight excluding hydrogens is 334 g/mol. The van der Waals surface area contributed by atoms with Crippen molar-refractivity contribution in [3.8, 4) is 11.3 Å². The SMILES string of the molecule is CC1CCCCC1NS(=O)(=O)c1cn(C(C)C)nc1-c1ccccc1. The number of rotatable bonds is 5. The van der Waals surface area contributed by atoms with Crippen molar-refractivity contribution in [3.05, 3.63) is 36.5 Å². The average molecular weight is 362 g/mol. The molecule has 2 atom stereocenters. The van der Waals surface area contributed by atoms with Gasteiger partial charge in [-0.05, 0) is 32.6 Å². The van der Waals surface area contributed by atoms with E-state index in [4.69, 9.17) is 0 Å². The topological polar surface area (TPSA) is 64.0 Å². The van der Waals surface area contributed by atoms with Crippen LogP contribution in [0.25, 0.3) is 11.3 Å². The summed E-state index contributed by atoms with van der Waals surface area (Å²) in [6.45, 7) is 6.12. The molecule has 0 amide bonds. The molecule has 1 N–H and O–H groups in total. The van der Waals surface area contributed by atoms with E-state index in [0.717, 1.165) is 24.8 Å². The molecule has 0 bridgehead atoms. The molecule has 1 aromatic heterocycles. The van der Waals surface area contributed by atoms with Crippen LogP contribution in [0, 0.1) is 5.92 Å². The van der Waals surface area contributed by atoms with Crippen molar-refractivity contribution >= 4 is 10.0 Å². The van der Waals surface area contributed by atoms with E-state index in [1.165, 1.54) is 6.42 Å². The van der Waals surface area contributed by atoms with Crippen molar-refractivity contribution < 1.29 is 8.42 Å². The molecule has 0 saturated heterocycles. The van der Waals surface area contributed by atoms with Crippen LogP contribution in [0.3, 0.4) is 0 Å². The fourth-order valence-corrected chi connectivity index (χ4v) is 4.92. The molecule has 2 aromatic rings. The maximum atomic E-state index is 13.1. The minimum Gasteiger partial charge on any atom is -0.268 e. The zero-order valence-electron chi connectivity index (χ0n) is 15.1. The molecule has 25 heavy (non-hydrogen) atoms. The second-order valence-corrected chi connectivity index (χ2v) is 8.95. The first-order valence-corrected chi connectivity index (χ1v) is 10.5. The zero-order valence-corrected chi connectivity index (χ0v) is 16.0. The van der Waals surface area contributed by atoms with Gasteiger partial charge in [-0.3, -0.25) is 4.68 Å². The number of benzene rings is 1. The Balaban J connectivity index is 1.99. The monoisotopic (exact) mass is 361 g/mol. The molecule has 1 fully saturated rings. The first kappa shape index (κ1) is 18.1.